The lowest BCUT2D eigenvalue weighted by Gasteiger charge is -2.21. The molecule has 0 bridgehead atoms. The maximum absolute atomic E-state index is 13.6. The maximum atomic E-state index is 13.6. The van der Waals surface area contributed by atoms with Crippen molar-refractivity contribution < 1.29 is 14.2 Å². The zero-order valence-corrected chi connectivity index (χ0v) is 15.0. The Morgan fingerprint density at radius 2 is 1.81 bits per heavy atom. The Kier molecular flexibility index (Phi) is 5.07. The summed E-state index contributed by atoms with van der Waals surface area (Å²) in [4.78, 5) is 0. The zero-order valence-electron chi connectivity index (χ0n) is 11.9. The fourth-order valence-electron chi connectivity index (χ4n) is 2.38. The molecular formula is C16H15Br2FO2. The molecule has 0 fully saturated rings. The van der Waals surface area contributed by atoms with Crippen LogP contribution >= 0.6 is 31.9 Å². The van der Waals surface area contributed by atoms with E-state index in [1.54, 1.807) is 13.2 Å². The first-order valence-electron chi connectivity index (χ1n) is 6.32. The van der Waals surface area contributed by atoms with Crippen molar-refractivity contribution >= 4 is 31.9 Å². The monoisotopic (exact) mass is 416 g/mol. The number of aliphatic hydroxyl groups is 1. The van der Waals surface area contributed by atoms with Crippen LogP contribution < -0.4 is 4.74 Å². The highest BCUT2D eigenvalue weighted by atomic mass is 79.9. The molecule has 0 amide bonds. The fraction of sp³-hybridized carbons (Fsp3) is 0.250. The molecule has 112 valence electrons. The molecule has 0 aliphatic carbocycles. The van der Waals surface area contributed by atoms with E-state index in [-0.39, 0.29) is 0 Å². The zero-order chi connectivity index (χ0) is 15.7. The molecule has 0 aromatic heterocycles. The number of aryl methyl sites for hydroxylation is 1. The van der Waals surface area contributed by atoms with Crippen LogP contribution in [0.1, 0.15) is 28.4 Å². The van der Waals surface area contributed by atoms with E-state index in [0.717, 1.165) is 15.6 Å². The lowest BCUT2D eigenvalue weighted by Crippen LogP contribution is -2.07. The lowest BCUT2D eigenvalue weighted by atomic mass is 9.94. The van der Waals surface area contributed by atoms with Crippen molar-refractivity contribution in [1.82, 2.24) is 0 Å². The van der Waals surface area contributed by atoms with Crippen molar-refractivity contribution in [2.75, 3.05) is 7.11 Å². The van der Waals surface area contributed by atoms with Crippen LogP contribution in [0.3, 0.4) is 0 Å². The smallest absolute Gasteiger partial charge is 0.128 e. The fourth-order valence-corrected chi connectivity index (χ4v) is 3.42. The Morgan fingerprint density at radius 3 is 2.38 bits per heavy atom. The second-order valence-corrected chi connectivity index (χ2v) is 6.62. The second-order valence-electron chi connectivity index (χ2n) is 4.85. The van der Waals surface area contributed by atoms with Gasteiger partial charge >= 0.3 is 0 Å². The molecule has 21 heavy (non-hydrogen) atoms. The first kappa shape index (κ1) is 16.5. The highest BCUT2D eigenvalue weighted by Crippen LogP contribution is 2.39. The SMILES string of the molecule is COc1c(C)cc(Br)c(C)c1C(O)c1cc(F)cc(Br)c1. The van der Waals surface area contributed by atoms with Gasteiger partial charge in [0.1, 0.15) is 17.7 Å². The van der Waals surface area contributed by atoms with E-state index in [1.165, 1.54) is 12.1 Å². The predicted molar refractivity (Wildman–Crippen MR) is 88.3 cm³/mol. The highest BCUT2D eigenvalue weighted by molar-refractivity contribution is 9.10. The van der Waals surface area contributed by atoms with Crippen LogP contribution in [0.2, 0.25) is 0 Å². The van der Waals surface area contributed by atoms with Crippen molar-refractivity contribution in [3.05, 3.63) is 61.3 Å². The van der Waals surface area contributed by atoms with E-state index in [9.17, 15) is 9.50 Å². The van der Waals surface area contributed by atoms with Gasteiger partial charge in [0.05, 0.1) is 7.11 Å². The van der Waals surface area contributed by atoms with Crippen molar-refractivity contribution in [2.24, 2.45) is 0 Å². The summed E-state index contributed by atoms with van der Waals surface area (Å²) in [6.45, 7) is 3.79. The Morgan fingerprint density at radius 1 is 1.14 bits per heavy atom. The molecule has 1 unspecified atom stereocenters. The summed E-state index contributed by atoms with van der Waals surface area (Å²) in [5.74, 6) is 0.213. The Bertz CT molecular complexity index is 666. The summed E-state index contributed by atoms with van der Waals surface area (Å²) in [7, 11) is 1.56. The summed E-state index contributed by atoms with van der Waals surface area (Å²) >= 11 is 6.73. The van der Waals surface area contributed by atoms with Crippen LogP contribution in [0, 0.1) is 19.7 Å². The number of hydrogen-bond acceptors (Lipinski definition) is 2. The molecule has 0 aliphatic rings. The summed E-state index contributed by atoms with van der Waals surface area (Å²) in [6, 6.07) is 6.31. The number of benzene rings is 2. The van der Waals surface area contributed by atoms with Gasteiger partial charge < -0.3 is 9.84 Å². The van der Waals surface area contributed by atoms with E-state index in [2.05, 4.69) is 31.9 Å². The third kappa shape index (κ3) is 3.30. The summed E-state index contributed by atoms with van der Waals surface area (Å²) in [5, 5.41) is 10.7. The molecule has 0 heterocycles. The number of ether oxygens (including phenoxy) is 1. The van der Waals surface area contributed by atoms with Gasteiger partial charge in [0.25, 0.3) is 0 Å². The van der Waals surface area contributed by atoms with Gasteiger partial charge in [-0.3, -0.25) is 0 Å². The molecule has 2 aromatic carbocycles. The van der Waals surface area contributed by atoms with E-state index in [0.29, 0.717) is 21.3 Å². The first-order valence-corrected chi connectivity index (χ1v) is 7.91. The van der Waals surface area contributed by atoms with Crippen molar-refractivity contribution in [3.8, 4) is 5.75 Å². The number of hydrogen-bond donors (Lipinski definition) is 1. The predicted octanol–water partition coefficient (Wildman–Crippen LogP) is 5.06. The van der Waals surface area contributed by atoms with E-state index >= 15 is 0 Å². The van der Waals surface area contributed by atoms with E-state index in [4.69, 9.17) is 4.74 Å². The Labute approximate surface area is 140 Å². The maximum Gasteiger partial charge on any atom is 0.128 e. The van der Waals surface area contributed by atoms with E-state index in [1.807, 2.05) is 19.9 Å². The van der Waals surface area contributed by atoms with Gasteiger partial charge in [-0.1, -0.05) is 31.9 Å². The summed E-state index contributed by atoms with van der Waals surface area (Å²) in [5.41, 5.74) is 2.88. The molecular weight excluding hydrogens is 403 g/mol. The average Bonchev–Trinajstić information content (AvgIpc) is 2.40. The molecule has 0 radical (unpaired) electrons. The second kappa shape index (κ2) is 6.46. The van der Waals surface area contributed by atoms with Gasteiger partial charge in [0.2, 0.25) is 0 Å². The molecule has 0 saturated heterocycles. The summed E-state index contributed by atoms with van der Waals surface area (Å²) < 4.78 is 20.5. The average molecular weight is 418 g/mol. The van der Waals surface area contributed by atoms with Crippen LogP contribution in [0.25, 0.3) is 0 Å². The quantitative estimate of drug-likeness (QED) is 0.756. The normalized spacial score (nSPS) is 12.3. The minimum absolute atomic E-state index is 0.401. The summed E-state index contributed by atoms with van der Waals surface area (Å²) in [6.07, 6.45) is -0.969. The molecule has 0 spiro atoms. The van der Waals surface area contributed by atoms with Crippen LogP contribution in [0.15, 0.2) is 33.2 Å². The van der Waals surface area contributed by atoms with Crippen molar-refractivity contribution in [1.29, 1.82) is 0 Å². The third-order valence-electron chi connectivity index (χ3n) is 3.39. The minimum atomic E-state index is -0.969. The third-order valence-corrected chi connectivity index (χ3v) is 4.67. The standard InChI is InChI=1S/C16H15Br2FO2/c1-8-4-13(18)9(2)14(16(8)21-3)15(20)10-5-11(17)7-12(19)6-10/h4-7,15,20H,1-3H3. The number of halogens is 3. The molecule has 1 N–H and O–H groups in total. The first-order chi connectivity index (χ1) is 9.85. The molecule has 5 heteroatoms. The van der Waals surface area contributed by atoms with Crippen LogP contribution in [-0.4, -0.2) is 12.2 Å². The van der Waals surface area contributed by atoms with Crippen LogP contribution in [0.5, 0.6) is 5.75 Å². The van der Waals surface area contributed by atoms with Crippen LogP contribution in [0.4, 0.5) is 4.39 Å². The topological polar surface area (TPSA) is 29.5 Å². The van der Waals surface area contributed by atoms with Gasteiger partial charge in [-0.15, -0.1) is 0 Å². The molecule has 0 aliphatic heterocycles. The van der Waals surface area contributed by atoms with Crippen molar-refractivity contribution in [2.45, 2.75) is 20.0 Å². The van der Waals surface area contributed by atoms with E-state index < -0.39 is 11.9 Å². The Hall–Kier alpha value is -0.910. The number of aliphatic hydroxyl groups excluding tert-OH is 1. The molecule has 2 aromatic rings. The number of methoxy groups -OCH3 is 1. The molecule has 2 rings (SSSR count). The van der Waals surface area contributed by atoms with Crippen molar-refractivity contribution in [3.63, 3.8) is 0 Å². The minimum Gasteiger partial charge on any atom is -0.496 e. The highest BCUT2D eigenvalue weighted by Gasteiger charge is 2.22. The van der Waals surface area contributed by atoms with Gasteiger partial charge in [-0.05, 0) is 54.8 Å². The largest absolute Gasteiger partial charge is 0.496 e. The van der Waals surface area contributed by atoms with Gasteiger partial charge in [-0.2, -0.15) is 0 Å². The lowest BCUT2D eigenvalue weighted by molar-refractivity contribution is 0.213. The molecule has 1 atom stereocenters. The Balaban J connectivity index is 2.64. The van der Waals surface area contributed by atoms with Crippen LogP contribution in [-0.2, 0) is 0 Å². The van der Waals surface area contributed by atoms with Gasteiger partial charge in [0.15, 0.2) is 0 Å². The molecule has 0 saturated carbocycles. The number of rotatable bonds is 3. The van der Waals surface area contributed by atoms with Gasteiger partial charge in [-0.25, -0.2) is 4.39 Å². The molecule has 2 nitrogen and oxygen atoms in total. The van der Waals surface area contributed by atoms with Gasteiger partial charge in [0, 0.05) is 14.5 Å².